The summed E-state index contributed by atoms with van der Waals surface area (Å²) in [5.74, 6) is -2.87. The normalized spacial score (nSPS) is 14.5. The molecule has 0 bridgehead atoms. The number of halogens is 1. The van der Waals surface area contributed by atoms with Gasteiger partial charge in [-0.1, -0.05) is 12.1 Å². The van der Waals surface area contributed by atoms with E-state index < -0.39 is 29.2 Å². The van der Waals surface area contributed by atoms with Gasteiger partial charge in [0.25, 0.3) is 23.4 Å². The van der Waals surface area contributed by atoms with E-state index in [4.69, 9.17) is 0 Å². The molecule has 0 saturated heterocycles. The lowest BCUT2D eigenvalue weighted by atomic mass is 10.1. The van der Waals surface area contributed by atoms with Gasteiger partial charge in [0.05, 0.1) is 22.5 Å². The second kappa shape index (κ2) is 5.45. The number of benzene rings is 2. The zero-order chi connectivity index (χ0) is 16.6. The van der Waals surface area contributed by atoms with Crippen LogP contribution in [0.25, 0.3) is 0 Å². The average Bonchev–Trinajstić information content (AvgIpc) is 2.98. The highest BCUT2D eigenvalue weighted by Crippen LogP contribution is 2.23. The molecule has 23 heavy (non-hydrogen) atoms. The minimum absolute atomic E-state index is 0.111. The van der Waals surface area contributed by atoms with Crippen molar-refractivity contribution in [2.45, 2.75) is 0 Å². The van der Waals surface area contributed by atoms with Crippen LogP contribution in [0.1, 0.15) is 20.7 Å². The van der Waals surface area contributed by atoms with E-state index in [0.717, 1.165) is 6.07 Å². The summed E-state index contributed by atoms with van der Waals surface area (Å²) in [4.78, 5) is 43.5. The first-order valence-corrected chi connectivity index (χ1v) is 6.57. The van der Waals surface area contributed by atoms with Gasteiger partial charge in [0.1, 0.15) is 5.82 Å². The maximum atomic E-state index is 12.6. The number of carbonyl (C=O) groups excluding carboxylic acids is 4. The number of hydrogen-bond donors (Lipinski definition) is 2. The predicted molar refractivity (Wildman–Crippen MR) is 78.8 cm³/mol. The van der Waals surface area contributed by atoms with Gasteiger partial charge in [-0.05, 0) is 30.3 Å². The maximum Gasteiger partial charge on any atom is 0.296 e. The summed E-state index contributed by atoms with van der Waals surface area (Å²) in [5.41, 5.74) is 1.58. The maximum absolute atomic E-state index is 12.6. The standard InChI is InChI=1S/C8H4FNO2.C8H5NO2/c9-4-1-2-6-5(3-4)7(11)8(12)10-6;10-7-5-3-1-2-4-6(5)9-8(7)11/h1-3H,(H,10,11,12);1-4H,(H,9,10,11). The van der Waals surface area contributed by atoms with Crippen LogP contribution in [0.15, 0.2) is 42.5 Å². The molecule has 2 N–H and O–H groups in total. The smallest absolute Gasteiger partial charge is 0.296 e. The molecule has 0 atom stereocenters. The van der Waals surface area contributed by atoms with Gasteiger partial charge in [-0.2, -0.15) is 0 Å². The van der Waals surface area contributed by atoms with Crippen LogP contribution in [0.4, 0.5) is 15.8 Å². The van der Waals surface area contributed by atoms with E-state index in [0.29, 0.717) is 16.9 Å². The van der Waals surface area contributed by atoms with Crippen molar-refractivity contribution >= 4 is 34.8 Å². The first kappa shape index (κ1) is 14.6. The highest BCUT2D eigenvalue weighted by Gasteiger charge is 2.28. The van der Waals surface area contributed by atoms with Gasteiger partial charge in [0, 0.05) is 0 Å². The van der Waals surface area contributed by atoms with Crippen LogP contribution >= 0.6 is 0 Å². The molecule has 0 fully saturated rings. The SMILES string of the molecule is O=C1Nc2ccc(F)cc2C1=O.O=C1Nc2ccccc2C1=O. The van der Waals surface area contributed by atoms with Crippen LogP contribution in [0, 0.1) is 5.82 Å². The van der Waals surface area contributed by atoms with Crippen molar-refractivity contribution in [2.75, 3.05) is 10.6 Å². The monoisotopic (exact) mass is 312 g/mol. The van der Waals surface area contributed by atoms with Crippen molar-refractivity contribution in [2.24, 2.45) is 0 Å². The molecule has 0 aliphatic carbocycles. The third kappa shape index (κ3) is 2.59. The van der Waals surface area contributed by atoms with E-state index in [9.17, 15) is 23.6 Å². The van der Waals surface area contributed by atoms with Crippen molar-refractivity contribution in [3.05, 3.63) is 59.4 Å². The molecule has 2 heterocycles. The van der Waals surface area contributed by atoms with Gasteiger partial charge in [0.2, 0.25) is 0 Å². The Morgan fingerprint density at radius 3 is 1.91 bits per heavy atom. The Labute approximate surface area is 129 Å². The van der Waals surface area contributed by atoms with Crippen LogP contribution in [0.3, 0.4) is 0 Å². The van der Waals surface area contributed by atoms with Gasteiger partial charge in [0.15, 0.2) is 0 Å². The summed E-state index contributed by atoms with van der Waals surface area (Å²) in [7, 11) is 0. The van der Waals surface area contributed by atoms with Crippen molar-refractivity contribution in [1.82, 2.24) is 0 Å². The van der Waals surface area contributed by atoms with Crippen molar-refractivity contribution in [3.63, 3.8) is 0 Å². The van der Waals surface area contributed by atoms with Crippen molar-refractivity contribution in [1.29, 1.82) is 0 Å². The number of amides is 2. The molecule has 114 valence electrons. The fourth-order valence-corrected chi connectivity index (χ4v) is 2.21. The largest absolute Gasteiger partial charge is 0.318 e. The second-order valence-electron chi connectivity index (χ2n) is 4.80. The summed E-state index contributed by atoms with van der Waals surface area (Å²) >= 11 is 0. The van der Waals surface area contributed by atoms with E-state index in [2.05, 4.69) is 10.6 Å². The van der Waals surface area contributed by atoms with E-state index >= 15 is 0 Å². The van der Waals surface area contributed by atoms with Crippen molar-refractivity contribution in [3.8, 4) is 0 Å². The number of fused-ring (bicyclic) bond motifs is 2. The minimum Gasteiger partial charge on any atom is -0.318 e. The molecule has 6 nitrogen and oxygen atoms in total. The van der Waals surface area contributed by atoms with E-state index in [1.807, 2.05) is 0 Å². The number of anilines is 2. The Kier molecular flexibility index (Phi) is 3.46. The quantitative estimate of drug-likeness (QED) is 0.725. The number of hydrogen-bond acceptors (Lipinski definition) is 4. The summed E-state index contributed by atoms with van der Waals surface area (Å²) in [6, 6.07) is 10.5. The lowest BCUT2D eigenvalue weighted by Gasteiger charge is -1.94. The third-order valence-corrected chi connectivity index (χ3v) is 3.31. The van der Waals surface area contributed by atoms with E-state index in [-0.39, 0.29) is 5.56 Å². The van der Waals surface area contributed by atoms with Crippen molar-refractivity contribution < 1.29 is 23.6 Å². The van der Waals surface area contributed by atoms with Crippen LogP contribution in [0.2, 0.25) is 0 Å². The van der Waals surface area contributed by atoms with Gasteiger partial charge in [-0.15, -0.1) is 0 Å². The number of carbonyl (C=O) groups is 4. The zero-order valence-corrected chi connectivity index (χ0v) is 11.6. The van der Waals surface area contributed by atoms with Crippen LogP contribution in [-0.2, 0) is 9.59 Å². The summed E-state index contributed by atoms with van der Waals surface area (Å²) in [6.45, 7) is 0. The Balaban J connectivity index is 0.000000136. The third-order valence-electron chi connectivity index (χ3n) is 3.31. The molecule has 0 unspecified atom stereocenters. The van der Waals surface area contributed by atoms with Gasteiger partial charge in [-0.3, -0.25) is 19.2 Å². The molecule has 2 amide bonds. The van der Waals surface area contributed by atoms with Crippen LogP contribution < -0.4 is 10.6 Å². The lowest BCUT2D eigenvalue weighted by molar-refractivity contribution is -0.112. The van der Waals surface area contributed by atoms with E-state index in [1.54, 1.807) is 24.3 Å². The molecule has 2 aromatic carbocycles. The lowest BCUT2D eigenvalue weighted by Crippen LogP contribution is -2.12. The Hall–Kier alpha value is -3.35. The predicted octanol–water partition coefficient (Wildman–Crippen LogP) is 1.78. The first-order chi connectivity index (χ1) is 11.0. The highest BCUT2D eigenvalue weighted by molar-refractivity contribution is 6.52. The number of Topliss-reactive ketones (excluding diaryl/α,β-unsaturated/α-hetero) is 2. The van der Waals surface area contributed by atoms with Gasteiger partial charge < -0.3 is 10.6 Å². The molecule has 2 aromatic rings. The Bertz CT molecular complexity index is 876. The molecule has 0 spiro atoms. The molecule has 0 saturated carbocycles. The molecular weight excluding hydrogens is 303 g/mol. The number of nitrogens with one attached hydrogen (secondary N) is 2. The fraction of sp³-hybridized carbons (Fsp3) is 0. The zero-order valence-electron chi connectivity index (χ0n) is 11.6. The molecule has 7 heteroatoms. The average molecular weight is 312 g/mol. The molecular formula is C16H9FN2O4. The molecule has 2 aliphatic heterocycles. The number of rotatable bonds is 0. The fourth-order valence-electron chi connectivity index (χ4n) is 2.21. The topological polar surface area (TPSA) is 92.3 Å². The van der Waals surface area contributed by atoms with Crippen LogP contribution in [-0.4, -0.2) is 23.4 Å². The van der Waals surface area contributed by atoms with E-state index in [1.165, 1.54) is 12.1 Å². The summed E-state index contributed by atoms with van der Waals surface area (Å²) < 4.78 is 12.6. The molecule has 0 aromatic heterocycles. The number of para-hydroxylation sites is 1. The van der Waals surface area contributed by atoms with Gasteiger partial charge >= 0.3 is 0 Å². The molecule has 0 radical (unpaired) electrons. The highest BCUT2D eigenvalue weighted by atomic mass is 19.1. The van der Waals surface area contributed by atoms with Crippen LogP contribution in [0.5, 0.6) is 0 Å². The molecule has 4 rings (SSSR count). The first-order valence-electron chi connectivity index (χ1n) is 6.57. The Morgan fingerprint density at radius 1 is 0.696 bits per heavy atom. The minimum atomic E-state index is -0.699. The van der Waals surface area contributed by atoms with Gasteiger partial charge in [-0.25, -0.2) is 4.39 Å². The summed E-state index contributed by atoms with van der Waals surface area (Å²) in [5, 5.41) is 4.78. The Morgan fingerprint density at radius 2 is 1.26 bits per heavy atom. The second-order valence-corrected chi connectivity index (χ2v) is 4.80. The summed E-state index contributed by atoms with van der Waals surface area (Å²) in [6.07, 6.45) is 0. The molecule has 2 aliphatic rings. The number of ketones is 2.